The molecular weight excluding hydrogens is 282 g/mol. The van der Waals surface area contributed by atoms with Gasteiger partial charge in [-0.15, -0.1) is 0 Å². The van der Waals surface area contributed by atoms with Crippen molar-refractivity contribution in [1.29, 1.82) is 0 Å². The molecule has 2 aromatic rings. The maximum Gasteiger partial charge on any atom is 0.257 e. The second-order valence-corrected chi connectivity index (χ2v) is 5.77. The lowest BCUT2D eigenvalue weighted by molar-refractivity contribution is 0.0763. The van der Waals surface area contributed by atoms with E-state index in [1.54, 1.807) is 36.5 Å². The third-order valence-corrected chi connectivity index (χ3v) is 4.05. The smallest absolute Gasteiger partial charge is 0.257 e. The van der Waals surface area contributed by atoms with Gasteiger partial charge in [0.15, 0.2) is 0 Å². The normalized spacial score (nSPS) is 21.3. The van der Waals surface area contributed by atoms with Gasteiger partial charge in [0, 0.05) is 37.6 Å². The number of aliphatic hydroxyl groups is 1. The second kappa shape index (κ2) is 5.88. The molecule has 3 rings (SSSR count). The van der Waals surface area contributed by atoms with Crippen LogP contribution < -0.4 is 0 Å². The van der Waals surface area contributed by atoms with E-state index in [9.17, 15) is 9.90 Å². The van der Waals surface area contributed by atoms with E-state index in [4.69, 9.17) is 4.42 Å². The molecule has 116 valence electrons. The van der Waals surface area contributed by atoms with Crippen molar-refractivity contribution in [3.8, 4) is 0 Å². The highest BCUT2D eigenvalue weighted by Gasteiger charge is 2.35. The van der Waals surface area contributed by atoms with Crippen molar-refractivity contribution in [2.75, 3.05) is 13.1 Å². The van der Waals surface area contributed by atoms with Crippen LogP contribution in [0.15, 0.2) is 29.1 Å². The van der Waals surface area contributed by atoms with Crippen LogP contribution in [-0.2, 0) is 6.42 Å². The van der Waals surface area contributed by atoms with Gasteiger partial charge in [-0.3, -0.25) is 14.8 Å². The number of hydrogen-bond donors (Lipinski definition) is 1. The molecule has 22 heavy (non-hydrogen) atoms. The van der Waals surface area contributed by atoms with Gasteiger partial charge >= 0.3 is 0 Å². The zero-order valence-corrected chi connectivity index (χ0v) is 12.7. The van der Waals surface area contributed by atoms with E-state index in [1.165, 1.54) is 0 Å². The zero-order valence-electron chi connectivity index (χ0n) is 12.7. The van der Waals surface area contributed by atoms with Gasteiger partial charge in [-0.2, -0.15) is 0 Å². The number of hydrogen-bond acceptors (Lipinski definition) is 5. The van der Waals surface area contributed by atoms with Crippen molar-refractivity contribution < 1.29 is 14.3 Å². The fourth-order valence-electron chi connectivity index (χ4n) is 2.94. The maximum atomic E-state index is 12.6. The molecule has 1 aliphatic heterocycles. The summed E-state index contributed by atoms with van der Waals surface area (Å²) in [5.41, 5.74) is 1.40. The predicted molar refractivity (Wildman–Crippen MR) is 79.3 cm³/mol. The van der Waals surface area contributed by atoms with Crippen LogP contribution in [0.2, 0.25) is 0 Å². The van der Waals surface area contributed by atoms with Gasteiger partial charge in [0.1, 0.15) is 11.5 Å². The molecule has 2 atom stereocenters. The van der Waals surface area contributed by atoms with Crippen molar-refractivity contribution >= 4 is 5.91 Å². The number of nitrogens with zero attached hydrogens (tertiary/aromatic N) is 3. The number of aryl methyl sites for hydroxylation is 2. The molecule has 3 heterocycles. The van der Waals surface area contributed by atoms with E-state index in [2.05, 4.69) is 9.97 Å². The van der Waals surface area contributed by atoms with E-state index in [0.717, 1.165) is 11.5 Å². The minimum Gasteiger partial charge on any atom is -0.466 e. The van der Waals surface area contributed by atoms with Crippen molar-refractivity contribution in [1.82, 2.24) is 14.9 Å². The number of amides is 1. The Kier molecular flexibility index (Phi) is 3.94. The number of aromatic nitrogens is 2. The number of carbonyl (C=O) groups excluding carboxylic acids is 1. The zero-order chi connectivity index (χ0) is 15.7. The van der Waals surface area contributed by atoms with Crippen LogP contribution in [0.1, 0.15) is 27.6 Å². The highest BCUT2D eigenvalue weighted by atomic mass is 16.3. The minimum atomic E-state index is -0.542. The van der Waals surface area contributed by atoms with Crippen LogP contribution in [0.5, 0.6) is 0 Å². The third kappa shape index (κ3) is 2.87. The van der Waals surface area contributed by atoms with E-state index in [1.807, 2.05) is 6.92 Å². The summed E-state index contributed by atoms with van der Waals surface area (Å²) in [6, 6.07) is 1.75. The number of β-amino-alcohol motifs (C(OH)–C–C–N with tert-alkyl or cyclic N) is 1. The Morgan fingerprint density at radius 2 is 2.23 bits per heavy atom. The fourth-order valence-corrected chi connectivity index (χ4v) is 2.94. The molecule has 0 saturated carbocycles. The third-order valence-electron chi connectivity index (χ3n) is 4.05. The van der Waals surface area contributed by atoms with Crippen LogP contribution >= 0.6 is 0 Å². The van der Waals surface area contributed by atoms with Gasteiger partial charge in [0.05, 0.1) is 17.4 Å². The molecule has 1 aliphatic rings. The van der Waals surface area contributed by atoms with Crippen molar-refractivity contribution in [2.45, 2.75) is 26.4 Å². The van der Waals surface area contributed by atoms with Gasteiger partial charge in [-0.25, -0.2) is 0 Å². The van der Waals surface area contributed by atoms with Crippen molar-refractivity contribution in [2.24, 2.45) is 5.92 Å². The van der Waals surface area contributed by atoms with Crippen LogP contribution in [-0.4, -0.2) is 45.1 Å². The van der Waals surface area contributed by atoms with E-state index < -0.39 is 6.10 Å². The Morgan fingerprint density at radius 1 is 1.41 bits per heavy atom. The van der Waals surface area contributed by atoms with Gasteiger partial charge < -0.3 is 14.4 Å². The topological polar surface area (TPSA) is 79.5 Å². The average molecular weight is 301 g/mol. The number of rotatable bonds is 3. The molecule has 1 amide bonds. The Morgan fingerprint density at radius 3 is 2.86 bits per heavy atom. The Labute approximate surface area is 128 Å². The first-order valence-electron chi connectivity index (χ1n) is 7.34. The summed E-state index contributed by atoms with van der Waals surface area (Å²) in [7, 11) is 0. The largest absolute Gasteiger partial charge is 0.466 e. The molecule has 0 aromatic carbocycles. The minimum absolute atomic E-state index is 0.0195. The number of aliphatic hydroxyl groups excluding tert-OH is 1. The second-order valence-electron chi connectivity index (χ2n) is 5.77. The predicted octanol–water partition coefficient (Wildman–Crippen LogP) is 1.36. The SMILES string of the molecule is Cc1cc(C(=O)N2C[C@@H](Cc3cnccn3)[C@H](O)C2)c(C)o1. The average Bonchev–Trinajstić information content (AvgIpc) is 3.02. The summed E-state index contributed by atoms with van der Waals surface area (Å²) in [5.74, 6) is 1.23. The van der Waals surface area contributed by atoms with Gasteiger partial charge in [-0.1, -0.05) is 0 Å². The summed E-state index contributed by atoms with van der Waals surface area (Å²) in [6.07, 6.45) is 5.02. The van der Waals surface area contributed by atoms with Crippen molar-refractivity contribution in [3.63, 3.8) is 0 Å². The molecule has 6 nitrogen and oxygen atoms in total. The highest BCUT2D eigenvalue weighted by Crippen LogP contribution is 2.24. The van der Waals surface area contributed by atoms with Gasteiger partial charge in [0.25, 0.3) is 5.91 Å². The summed E-state index contributed by atoms with van der Waals surface area (Å²) in [4.78, 5) is 22.5. The lowest BCUT2D eigenvalue weighted by Gasteiger charge is -2.15. The van der Waals surface area contributed by atoms with Crippen LogP contribution in [0.4, 0.5) is 0 Å². The van der Waals surface area contributed by atoms with E-state index >= 15 is 0 Å². The van der Waals surface area contributed by atoms with E-state index in [-0.39, 0.29) is 11.8 Å². The lowest BCUT2D eigenvalue weighted by atomic mass is 10.0. The Bertz CT molecular complexity index is 669. The summed E-state index contributed by atoms with van der Waals surface area (Å²) in [5, 5.41) is 10.2. The molecule has 0 bridgehead atoms. The molecule has 0 aliphatic carbocycles. The lowest BCUT2D eigenvalue weighted by Crippen LogP contribution is -2.29. The van der Waals surface area contributed by atoms with Crippen LogP contribution in [0.25, 0.3) is 0 Å². The Balaban J connectivity index is 1.70. The molecule has 0 radical (unpaired) electrons. The summed E-state index contributed by atoms with van der Waals surface area (Å²) >= 11 is 0. The quantitative estimate of drug-likeness (QED) is 0.926. The van der Waals surface area contributed by atoms with Crippen LogP contribution in [0.3, 0.4) is 0 Å². The molecule has 1 saturated heterocycles. The number of furan rings is 1. The first kappa shape index (κ1) is 14.7. The fraction of sp³-hybridized carbons (Fsp3) is 0.438. The molecule has 0 unspecified atom stereocenters. The molecule has 1 fully saturated rings. The van der Waals surface area contributed by atoms with Crippen molar-refractivity contribution in [3.05, 3.63) is 47.4 Å². The molecule has 6 heteroatoms. The molecule has 2 aromatic heterocycles. The first-order valence-corrected chi connectivity index (χ1v) is 7.34. The number of likely N-dealkylation sites (tertiary alicyclic amines) is 1. The standard InChI is InChI=1S/C16H19N3O3/c1-10-5-14(11(2)22-10)16(21)19-8-12(15(20)9-19)6-13-7-17-3-4-18-13/h3-5,7,12,15,20H,6,8-9H2,1-2H3/t12-,15-/m1/s1. The van der Waals surface area contributed by atoms with Crippen LogP contribution in [0, 0.1) is 19.8 Å². The first-order chi connectivity index (χ1) is 10.5. The molecule has 1 N–H and O–H groups in total. The Hall–Kier alpha value is -2.21. The number of carbonyl (C=O) groups is 1. The van der Waals surface area contributed by atoms with Gasteiger partial charge in [-0.05, 0) is 26.3 Å². The monoisotopic (exact) mass is 301 g/mol. The molecule has 0 spiro atoms. The summed E-state index contributed by atoms with van der Waals surface area (Å²) < 4.78 is 5.42. The van der Waals surface area contributed by atoms with E-state index in [0.29, 0.717) is 30.8 Å². The maximum absolute atomic E-state index is 12.6. The highest BCUT2D eigenvalue weighted by molar-refractivity contribution is 5.95. The van der Waals surface area contributed by atoms with Gasteiger partial charge in [0.2, 0.25) is 0 Å². The summed E-state index contributed by atoms with van der Waals surface area (Å²) in [6.45, 7) is 4.46. The molecular formula is C16H19N3O3.